The van der Waals surface area contributed by atoms with E-state index in [9.17, 15) is 24.1 Å². The van der Waals surface area contributed by atoms with Gasteiger partial charge in [0, 0.05) is 12.3 Å². The van der Waals surface area contributed by atoms with Crippen molar-refractivity contribution in [3.8, 4) is 5.75 Å². The number of aromatic nitrogens is 2. The molecule has 37 heavy (non-hydrogen) atoms. The minimum atomic E-state index is -4.18. The SMILES string of the molecule is CC(C)OC(=O)[C@H](C)NP(=O)(OC[C@H]1O[C@@H](n2ccc(=O)[nH]c2=O)[C@@]2(CCS2)[C@@H]1O)Oc1ccccc1. The van der Waals surface area contributed by atoms with Gasteiger partial charge in [-0.1, -0.05) is 18.2 Å². The van der Waals surface area contributed by atoms with Crippen molar-refractivity contribution < 1.29 is 33.0 Å². The van der Waals surface area contributed by atoms with Gasteiger partial charge in [0.15, 0.2) is 6.23 Å². The molecule has 3 heterocycles. The fourth-order valence-corrected chi connectivity index (χ4v) is 6.94. The number of aromatic amines is 1. The molecular weight excluding hydrogens is 525 g/mol. The van der Waals surface area contributed by atoms with Gasteiger partial charge in [0.1, 0.15) is 24.0 Å². The van der Waals surface area contributed by atoms with Crippen LogP contribution in [0, 0.1) is 0 Å². The average molecular weight is 556 g/mol. The van der Waals surface area contributed by atoms with Crippen LogP contribution in [0.3, 0.4) is 0 Å². The predicted molar refractivity (Wildman–Crippen MR) is 135 cm³/mol. The Hall–Kier alpha value is -2.41. The van der Waals surface area contributed by atoms with Crippen LogP contribution in [0.5, 0.6) is 5.75 Å². The number of esters is 1. The van der Waals surface area contributed by atoms with Gasteiger partial charge in [-0.05, 0) is 45.1 Å². The number of nitrogens with zero attached hydrogens (tertiary/aromatic N) is 1. The first-order chi connectivity index (χ1) is 17.5. The molecule has 1 unspecified atom stereocenters. The number of para-hydroxylation sites is 1. The van der Waals surface area contributed by atoms with Gasteiger partial charge in [-0.3, -0.25) is 23.7 Å². The molecule has 1 spiro atoms. The number of hydrogen-bond acceptors (Lipinski definition) is 10. The largest absolute Gasteiger partial charge is 0.462 e. The molecule has 2 saturated heterocycles. The highest BCUT2D eigenvalue weighted by atomic mass is 32.2. The Balaban J connectivity index is 1.53. The second-order valence-electron chi connectivity index (χ2n) is 9.08. The van der Waals surface area contributed by atoms with Crippen molar-refractivity contribution in [1.29, 1.82) is 0 Å². The molecule has 0 bridgehead atoms. The van der Waals surface area contributed by atoms with Gasteiger partial charge in [0.2, 0.25) is 0 Å². The van der Waals surface area contributed by atoms with E-state index in [1.165, 1.54) is 35.5 Å². The number of carbonyl (C=O) groups is 1. The lowest BCUT2D eigenvalue weighted by molar-refractivity contribution is -0.149. The van der Waals surface area contributed by atoms with Gasteiger partial charge < -0.3 is 19.1 Å². The van der Waals surface area contributed by atoms with Crippen molar-refractivity contribution in [2.75, 3.05) is 12.4 Å². The highest BCUT2D eigenvalue weighted by molar-refractivity contribution is 8.02. The van der Waals surface area contributed by atoms with Gasteiger partial charge >= 0.3 is 19.4 Å². The zero-order chi connectivity index (χ0) is 26.8. The normalized spacial score (nSPS) is 27.4. The van der Waals surface area contributed by atoms with Crippen LogP contribution in [0.25, 0.3) is 0 Å². The summed E-state index contributed by atoms with van der Waals surface area (Å²) < 4.78 is 36.6. The van der Waals surface area contributed by atoms with Gasteiger partial charge in [-0.25, -0.2) is 9.36 Å². The number of ether oxygens (including phenoxy) is 2. The number of hydrogen-bond donors (Lipinski definition) is 3. The molecule has 1 aromatic heterocycles. The second kappa shape index (κ2) is 11.1. The molecule has 2 fully saturated rings. The average Bonchev–Trinajstić information content (AvgIpc) is 3.10. The number of aliphatic hydroxyl groups is 1. The number of nitrogens with one attached hydrogen (secondary N) is 2. The standard InChI is InChI=1S/C23H30N3O9PS/c1-14(2)33-20(29)15(3)25-36(31,35-16-7-5-4-6-8-16)32-13-17-19(28)23(10-12-37-23)21(34-17)26-11-9-18(27)24-22(26)30/h4-9,11,14-15,17,19,21,28H,10,12-13H2,1-3H3,(H,25,31)(H,24,27,30)/t15-,17+,19+,21+,23+,36?/m0/s1. The number of aliphatic hydroxyl groups excluding tert-OH is 1. The molecule has 2 aromatic rings. The van der Waals surface area contributed by atoms with E-state index in [1.54, 1.807) is 44.2 Å². The Bertz CT molecular complexity index is 1260. The lowest BCUT2D eigenvalue weighted by atomic mass is 9.94. The third-order valence-electron chi connectivity index (χ3n) is 5.98. The van der Waals surface area contributed by atoms with Crippen LogP contribution >= 0.6 is 19.5 Å². The highest BCUT2D eigenvalue weighted by Gasteiger charge is 2.61. The van der Waals surface area contributed by atoms with E-state index in [0.29, 0.717) is 6.42 Å². The molecule has 0 radical (unpaired) electrons. The fraction of sp³-hybridized carbons (Fsp3) is 0.522. The van der Waals surface area contributed by atoms with E-state index in [-0.39, 0.29) is 18.5 Å². The first-order valence-electron chi connectivity index (χ1n) is 11.8. The predicted octanol–water partition coefficient (Wildman–Crippen LogP) is 1.80. The Morgan fingerprint density at radius 2 is 2.00 bits per heavy atom. The van der Waals surface area contributed by atoms with Crippen molar-refractivity contribution >= 4 is 25.5 Å². The fourth-order valence-electron chi connectivity index (χ4n) is 4.13. The van der Waals surface area contributed by atoms with Crippen molar-refractivity contribution in [2.45, 2.75) is 62.5 Å². The molecular formula is C23H30N3O9PS. The number of H-pyrrole nitrogens is 1. The molecule has 1 aromatic carbocycles. The first kappa shape index (κ1) is 27.6. The summed E-state index contributed by atoms with van der Waals surface area (Å²) in [4.78, 5) is 38.5. The summed E-state index contributed by atoms with van der Waals surface area (Å²) in [5.74, 6) is 0.337. The second-order valence-corrected chi connectivity index (χ2v) is 12.2. The van der Waals surface area contributed by atoms with E-state index >= 15 is 0 Å². The summed E-state index contributed by atoms with van der Waals surface area (Å²) in [5.41, 5.74) is -1.22. The van der Waals surface area contributed by atoms with Gasteiger partial charge in [0.05, 0.1) is 17.5 Å². The monoisotopic (exact) mass is 555 g/mol. The van der Waals surface area contributed by atoms with Crippen LogP contribution in [0.2, 0.25) is 0 Å². The lowest BCUT2D eigenvalue weighted by Gasteiger charge is -2.43. The molecule has 3 N–H and O–H groups in total. The summed E-state index contributed by atoms with van der Waals surface area (Å²) in [6, 6.07) is 8.44. The zero-order valence-electron chi connectivity index (χ0n) is 20.6. The quantitative estimate of drug-likeness (QED) is 0.290. The summed E-state index contributed by atoms with van der Waals surface area (Å²) in [5, 5.41) is 13.7. The lowest BCUT2D eigenvalue weighted by Crippen LogP contribution is -2.52. The van der Waals surface area contributed by atoms with Crippen LogP contribution in [0.15, 0.2) is 52.2 Å². The highest BCUT2D eigenvalue weighted by Crippen LogP contribution is 2.57. The van der Waals surface area contributed by atoms with Crippen LogP contribution < -0.4 is 20.9 Å². The number of benzene rings is 1. The molecule has 12 nitrogen and oxygen atoms in total. The zero-order valence-corrected chi connectivity index (χ0v) is 22.3. The van der Waals surface area contributed by atoms with Crippen LogP contribution in [0.4, 0.5) is 0 Å². The number of rotatable bonds is 10. The molecule has 0 amide bonds. The van der Waals surface area contributed by atoms with Crippen molar-refractivity contribution in [3.05, 3.63) is 63.4 Å². The van der Waals surface area contributed by atoms with Gasteiger partial charge in [-0.2, -0.15) is 5.09 Å². The Morgan fingerprint density at radius 1 is 1.30 bits per heavy atom. The van der Waals surface area contributed by atoms with E-state index in [4.69, 9.17) is 18.5 Å². The molecule has 202 valence electrons. The third kappa shape index (κ3) is 6.02. The maximum atomic E-state index is 13.7. The van der Waals surface area contributed by atoms with Crippen molar-refractivity contribution in [2.24, 2.45) is 0 Å². The summed E-state index contributed by atoms with van der Waals surface area (Å²) in [7, 11) is -4.18. The number of thioether (sulfide) groups is 1. The molecule has 0 aliphatic carbocycles. The van der Waals surface area contributed by atoms with Crippen LogP contribution in [-0.4, -0.2) is 62.1 Å². The molecule has 2 aliphatic heterocycles. The Labute approximate surface area is 217 Å². The smallest absolute Gasteiger partial charge is 0.459 e. The van der Waals surface area contributed by atoms with E-state index in [0.717, 1.165) is 5.75 Å². The molecule has 0 saturated carbocycles. The maximum absolute atomic E-state index is 13.7. The maximum Gasteiger partial charge on any atom is 0.459 e. The Kier molecular flexibility index (Phi) is 8.32. The minimum Gasteiger partial charge on any atom is -0.462 e. The molecule has 6 atom stereocenters. The summed E-state index contributed by atoms with van der Waals surface area (Å²) >= 11 is 1.44. The summed E-state index contributed by atoms with van der Waals surface area (Å²) in [6.07, 6.45) is -1.46. The van der Waals surface area contributed by atoms with E-state index in [2.05, 4.69) is 10.1 Å². The molecule has 14 heteroatoms. The van der Waals surface area contributed by atoms with Crippen molar-refractivity contribution in [3.63, 3.8) is 0 Å². The summed E-state index contributed by atoms with van der Waals surface area (Å²) in [6.45, 7) is 4.48. The first-order valence-corrected chi connectivity index (χ1v) is 14.3. The third-order valence-corrected chi connectivity index (χ3v) is 9.21. The topological polar surface area (TPSA) is 158 Å². The van der Waals surface area contributed by atoms with E-state index < -0.39 is 54.2 Å². The van der Waals surface area contributed by atoms with E-state index in [1.807, 2.05) is 0 Å². The van der Waals surface area contributed by atoms with Crippen molar-refractivity contribution in [1.82, 2.24) is 14.6 Å². The van der Waals surface area contributed by atoms with Crippen LogP contribution in [0.1, 0.15) is 33.4 Å². The Morgan fingerprint density at radius 3 is 2.59 bits per heavy atom. The van der Waals surface area contributed by atoms with Crippen LogP contribution in [-0.2, 0) is 23.4 Å². The van der Waals surface area contributed by atoms with Gasteiger partial charge in [-0.15, -0.1) is 11.8 Å². The minimum absolute atomic E-state index is 0.235. The van der Waals surface area contributed by atoms with Gasteiger partial charge in [0.25, 0.3) is 5.56 Å². The number of carbonyl (C=O) groups excluding carboxylic acids is 1. The molecule has 4 rings (SSSR count). The molecule has 2 aliphatic rings.